The SMILES string of the molecule is CC[C@H]1C[C@@]1(NC(=O)C1C[C@@H]2CN1C(=O)[C@H](C(C)(C)C)NC(=O)OCC(C)(C)CCCCOC(=O)c1ccc3c(c1)CN(C3)C(=O)O2)C(=O)NS(=O)(=O)C1CC1. The van der Waals surface area contributed by atoms with Crippen LogP contribution in [0.25, 0.3) is 0 Å². The van der Waals surface area contributed by atoms with Gasteiger partial charge in [0, 0.05) is 19.5 Å². The summed E-state index contributed by atoms with van der Waals surface area (Å²) in [5.74, 6) is -2.96. The molecular formula is C39H55N5O11S. The Morgan fingerprint density at radius 1 is 1.02 bits per heavy atom. The Kier molecular flexibility index (Phi) is 11.4. The van der Waals surface area contributed by atoms with Crippen LogP contribution in [0.4, 0.5) is 9.59 Å². The van der Waals surface area contributed by atoms with Gasteiger partial charge in [0.2, 0.25) is 21.8 Å². The number of hydrogen-bond acceptors (Lipinski definition) is 11. The largest absolute Gasteiger partial charge is 0.462 e. The molecule has 5 amide bonds. The van der Waals surface area contributed by atoms with Gasteiger partial charge in [0.25, 0.3) is 5.91 Å². The first kappa shape index (κ1) is 41.2. The minimum atomic E-state index is -3.90. The second-order valence-electron chi connectivity index (χ2n) is 17.8. The van der Waals surface area contributed by atoms with Gasteiger partial charge in [-0.25, -0.2) is 22.8 Å². The Hall–Kier alpha value is -4.41. The minimum absolute atomic E-state index is 0.0429. The van der Waals surface area contributed by atoms with E-state index < -0.39 is 85.7 Å². The molecule has 1 aromatic carbocycles. The Labute approximate surface area is 328 Å². The Bertz CT molecular complexity index is 1870. The number of carbonyl (C=O) groups is 6. The van der Waals surface area contributed by atoms with E-state index in [4.69, 9.17) is 14.2 Å². The van der Waals surface area contributed by atoms with Gasteiger partial charge in [0.1, 0.15) is 23.7 Å². The number of rotatable bonds is 6. The molecule has 3 fully saturated rings. The third-order valence-electron chi connectivity index (χ3n) is 11.5. The van der Waals surface area contributed by atoms with Crippen LogP contribution in [0.1, 0.15) is 114 Å². The highest BCUT2D eigenvalue weighted by Crippen LogP contribution is 2.47. The molecule has 1 unspecified atom stereocenters. The lowest BCUT2D eigenvalue weighted by Crippen LogP contribution is -2.60. The molecule has 0 spiro atoms. The van der Waals surface area contributed by atoms with Crippen molar-refractivity contribution in [1.82, 2.24) is 25.2 Å². The molecule has 0 aromatic heterocycles. The number of esters is 1. The minimum Gasteiger partial charge on any atom is -0.462 e. The smallest absolute Gasteiger partial charge is 0.410 e. The number of alkyl carbamates (subject to hydrolysis) is 1. The molecule has 3 aliphatic heterocycles. The number of sulfonamides is 1. The zero-order valence-corrected chi connectivity index (χ0v) is 33.9. The lowest BCUT2D eigenvalue weighted by Gasteiger charge is -2.35. The van der Waals surface area contributed by atoms with Gasteiger partial charge in [-0.15, -0.1) is 0 Å². The lowest BCUT2D eigenvalue weighted by atomic mass is 9.85. The van der Waals surface area contributed by atoms with Gasteiger partial charge in [-0.3, -0.25) is 24.0 Å². The monoisotopic (exact) mass is 801 g/mol. The highest BCUT2D eigenvalue weighted by Gasteiger charge is 2.62. The number of fused-ring (bicyclic) bond motifs is 4. The number of ether oxygens (including phenoxy) is 3. The molecule has 17 heteroatoms. The van der Waals surface area contributed by atoms with Crippen molar-refractivity contribution in [3.63, 3.8) is 0 Å². The molecule has 308 valence electrons. The van der Waals surface area contributed by atoms with Crippen molar-refractivity contribution in [2.45, 2.75) is 135 Å². The highest BCUT2D eigenvalue weighted by atomic mass is 32.2. The van der Waals surface area contributed by atoms with Gasteiger partial charge in [0.05, 0.1) is 30.6 Å². The maximum atomic E-state index is 14.6. The number of nitrogens with one attached hydrogen (secondary N) is 3. The van der Waals surface area contributed by atoms with E-state index in [2.05, 4.69) is 15.4 Å². The predicted molar refractivity (Wildman–Crippen MR) is 201 cm³/mol. The summed E-state index contributed by atoms with van der Waals surface area (Å²) in [5.41, 5.74) is -0.831. The summed E-state index contributed by atoms with van der Waals surface area (Å²) >= 11 is 0. The van der Waals surface area contributed by atoms with E-state index >= 15 is 0 Å². The first-order chi connectivity index (χ1) is 26.2. The van der Waals surface area contributed by atoms with Crippen molar-refractivity contribution in [2.75, 3.05) is 19.8 Å². The van der Waals surface area contributed by atoms with Crippen LogP contribution in [0.5, 0.6) is 0 Å². The molecule has 1 saturated heterocycles. The molecule has 5 atom stereocenters. The maximum absolute atomic E-state index is 14.6. The number of benzene rings is 1. The molecule has 0 radical (unpaired) electrons. The lowest BCUT2D eigenvalue weighted by molar-refractivity contribution is -0.143. The zero-order valence-electron chi connectivity index (χ0n) is 33.1. The second kappa shape index (κ2) is 15.5. The number of amides is 5. The van der Waals surface area contributed by atoms with Crippen LogP contribution in [0.2, 0.25) is 0 Å². The topological polar surface area (TPSA) is 207 Å². The van der Waals surface area contributed by atoms with Crippen LogP contribution >= 0.6 is 0 Å². The second-order valence-corrected chi connectivity index (χ2v) is 19.8. The van der Waals surface area contributed by atoms with Gasteiger partial charge in [0.15, 0.2) is 0 Å². The van der Waals surface area contributed by atoms with Gasteiger partial charge >= 0.3 is 18.2 Å². The maximum Gasteiger partial charge on any atom is 0.410 e. The molecule has 1 aromatic rings. The summed E-state index contributed by atoms with van der Waals surface area (Å²) in [4.78, 5) is 84.8. The summed E-state index contributed by atoms with van der Waals surface area (Å²) in [6.07, 6.45) is 0.982. The third-order valence-corrected chi connectivity index (χ3v) is 13.4. The van der Waals surface area contributed by atoms with Gasteiger partial charge in [-0.1, -0.05) is 54.0 Å². The van der Waals surface area contributed by atoms with Crippen molar-refractivity contribution < 1.29 is 51.4 Å². The average molecular weight is 802 g/mol. The summed E-state index contributed by atoms with van der Waals surface area (Å²) in [6, 6.07) is 2.73. The number of hydrogen-bond donors (Lipinski definition) is 3. The Morgan fingerprint density at radius 3 is 2.39 bits per heavy atom. The number of carbonyl (C=O) groups excluding carboxylic acids is 6. The molecule has 56 heavy (non-hydrogen) atoms. The fourth-order valence-electron chi connectivity index (χ4n) is 7.80. The van der Waals surface area contributed by atoms with Crippen LogP contribution in [0, 0.1) is 16.7 Å². The fourth-order valence-corrected chi connectivity index (χ4v) is 9.16. The standard InChI is InChI=1S/C39H55N5O11S/c1-7-26-18-39(26,34(48)42-56(51,52)28-12-13-28)41-31(45)29-17-27-21-44(29)32(46)30(37(2,3)4)40-35(49)54-22-38(5,6)14-8-9-15-53-33(47)23-10-11-24-19-43(36(50)55-27)20-25(24)16-23/h10-11,16,26-30H,7-9,12-15,17-22H2,1-6H3,(H,40,49)(H,41,45)(H,42,48)/t26-,27+,29?,30+,39-/m0/s1. The van der Waals surface area contributed by atoms with Crippen LogP contribution < -0.4 is 15.4 Å². The van der Waals surface area contributed by atoms with Crippen molar-refractivity contribution in [1.29, 1.82) is 0 Å². The fraction of sp³-hybridized carbons (Fsp3) is 0.692. The van der Waals surface area contributed by atoms with Gasteiger partial charge in [-0.05, 0) is 78.5 Å². The molecule has 6 rings (SSSR count). The average Bonchev–Trinajstić information content (AvgIpc) is 4.02. The van der Waals surface area contributed by atoms with E-state index in [0.29, 0.717) is 44.1 Å². The normalized spacial score (nSPS) is 28.8. The van der Waals surface area contributed by atoms with Crippen LogP contribution in [0.3, 0.4) is 0 Å². The number of nitrogens with zero attached hydrogens (tertiary/aromatic N) is 2. The van der Waals surface area contributed by atoms with Gasteiger partial charge in [-0.2, -0.15) is 0 Å². The van der Waals surface area contributed by atoms with E-state index in [-0.39, 0.29) is 51.6 Å². The Balaban J connectivity index is 1.27. The molecule has 2 saturated carbocycles. The molecule has 5 aliphatic rings. The third kappa shape index (κ3) is 9.07. The van der Waals surface area contributed by atoms with Crippen molar-refractivity contribution >= 4 is 45.9 Å². The van der Waals surface area contributed by atoms with E-state index in [9.17, 15) is 37.2 Å². The zero-order chi connectivity index (χ0) is 40.8. The molecule has 16 nitrogen and oxygen atoms in total. The first-order valence-corrected chi connectivity index (χ1v) is 21.1. The van der Waals surface area contributed by atoms with Crippen molar-refractivity contribution in [2.24, 2.45) is 16.7 Å². The van der Waals surface area contributed by atoms with Crippen LogP contribution in [-0.2, 0) is 51.7 Å². The highest BCUT2D eigenvalue weighted by molar-refractivity contribution is 7.91. The molecular weight excluding hydrogens is 747 g/mol. The summed E-state index contributed by atoms with van der Waals surface area (Å²) in [5, 5.41) is 4.86. The van der Waals surface area contributed by atoms with E-state index in [1.165, 1.54) is 9.80 Å². The predicted octanol–water partition coefficient (Wildman–Crippen LogP) is 3.51. The van der Waals surface area contributed by atoms with Gasteiger partial charge < -0.3 is 29.7 Å². The number of cyclic esters (lactones) is 2. The van der Waals surface area contributed by atoms with E-state index in [1.807, 2.05) is 20.8 Å². The van der Waals surface area contributed by atoms with E-state index in [0.717, 1.165) is 11.1 Å². The molecule has 2 aliphatic carbocycles. The van der Waals surface area contributed by atoms with Crippen LogP contribution in [-0.4, -0.2) is 103 Å². The molecule has 3 heterocycles. The van der Waals surface area contributed by atoms with Crippen molar-refractivity contribution in [3.05, 3.63) is 34.9 Å². The van der Waals surface area contributed by atoms with Crippen LogP contribution in [0.15, 0.2) is 18.2 Å². The summed E-state index contributed by atoms with van der Waals surface area (Å²) in [7, 11) is -3.90. The Morgan fingerprint density at radius 2 is 1.73 bits per heavy atom. The quantitative estimate of drug-likeness (QED) is 0.280. The molecule has 5 bridgehead atoms. The van der Waals surface area contributed by atoms with Crippen molar-refractivity contribution in [3.8, 4) is 0 Å². The summed E-state index contributed by atoms with van der Waals surface area (Å²) in [6.45, 7) is 11.5. The molecule has 3 N–H and O–H groups in total. The summed E-state index contributed by atoms with van der Waals surface area (Å²) < 4.78 is 44.7. The van der Waals surface area contributed by atoms with E-state index in [1.54, 1.807) is 39.0 Å². The first-order valence-electron chi connectivity index (χ1n) is 19.6.